The second-order valence-electron chi connectivity index (χ2n) is 5.62. The van der Waals surface area contributed by atoms with E-state index in [1.807, 2.05) is 42.5 Å². The van der Waals surface area contributed by atoms with Crippen LogP contribution in [-0.2, 0) is 11.2 Å². The number of amides is 3. The van der Waals surface area contributed by atoms with Crippen LogP contribution < -0.4 is 16.0 Å². The van der Waals surface area contributed by atoms with Crippen LogP contribution in [0.4, 0.5) is 16.2 Å². The number of urea groups is 1. The molecule has 1 atom stereocenters. The molecule has 3 N–H and O–H groups in total. The van der Waals surface area contributed by atoms with Crippen LogP contribution >= 0.6 is 0 Å². The molecule has 24 heavy (non-hydrogen) atoms. The fourth-order valence-electron chi connectivity index (χ4n) is 2.24. The Hall–Kier alpha value is -2.82. The van der Waals surface area contributed by atoms with Crippen LogP contribution in [0, 0.1) is 0 Å². The van der Waals surface area contributed by atoms with Crippen LogP contribution in [0.5, 0.6) is 0 Å². The lowest BCUT2D eigenvalue weighted by molar-refractivity contribution is -0.117. The van der Waals surface area contributed by atoms with Crippen molar-refractivity contribution in [3.63, 3.8) is 0 Å². The van der Waals surface area contributed by atoms with E-state index in [9.17, 15) is 9.59 Å². The second kappa shape index (κ2) is 8.72. The maximum atomic E-state index is 12.2. The number of benzene rings is 2. The van der Waals surface area contributed by atoms with Gasteiger partial charge in [0.25, 0.3) is 0 Å². The molecular weight excluding hydrogens is 302 g/mol. The molecule has 3 amide bonds. The molecule has 0 aromatic heterocycles. The Morgan fingerprint density at radius 1 is 0.917 bits per heavy atom. The maximum Gasteiger partial charge on any atom is 0.319 e. The summed E-state index contributed by atoms with van der Waals surface area (Å²) < 4.78 is 0. The van der Waals surface area contributed by atoms with Gasteiger partial charge in [-0.2, -0.15) is 0 Å². The van der Waals surface area contributed by atoms with Crippen LogP contribution in [0.3, 0.4) is 0 Å². The van der Waals surface area contributed by atoms with Crippen LogP contribution in [0.2, 0.25) is 0 Å². The Kier molecular flexibility index (Phi) is 6.37. The monoisotopic (exact) mass is 325 g/mol. The third kappa shape index (κ3) is 5.43. The van der Waals surface area contributed by atoms with Gasteiger partial charge in [-0.05, 0) is 43.2 Å². The van der Waals surface area contributed by atoms with Crippen molar-refractivity contribution in [1.82, 2.24) is 5.32 Å². The molecule has 126 valence electrons. The van der Waals surface area contributed by atoms with Gasteiger partial charge in [0.15, 0.2) is 0 Å². The highest BCUT2D eigenvalue weighted by Gasteiger charge is 2.15. The summed E-state index contributed by atoms with van der Waals surface area (Å²) in [7, 11) is 0. The van der Waals surface area contributed by atoms with Gasteiger partial charge in [0.05, 0.1) is 0 Å². The molecule has 0 saturated carbocycles. The standard InChI is InChI=1S/C19H23N3O2/c1-3-7-15-10-12-17(13-11-15)21-18(23)14(2)20-19(24)22-16-8-5-4-6-9-16/h4-6,8-14H,3,7H2,1-2H3,(H,21,23)(H2,20,22,24)/t14-/m1/s1. The molecule has 5 nitrogen and oxygen atoms in total. The minimum atomic E-state index is -0.649. The smallest absolute Gasteiger partial charge is 0.319 e. The average Bonchev–Trinajstić information content (AvgIpc) is 2.57. The Morgan fingerprint density at radius 3 is 2.17 bits per heavy atom. The van der Waals surface area contributed by atoms with E-state index in [4.69, 9.17) is 0 Å². The summed E-state index contributed by atoms with van der Waals surface area (Å²) in [4.78, 5) is 24.1. The Balaban J connectivity index is 1.84. The second-order valence-corrected chi connectivity index (χ2v) is 5.62. The summed E-state index contributed by atoms with van der Waals surface area (Å²) in [5, 5.41) is 8.10. The molecule has 0 aliphatic heterocycles. The molecule has 0 unspecified atom stereocenters. The van der Waals surface area contributed by atoms with Crippen molar-refractivity contribution in [3.8, 4) is 0 Å². The molecule has 2 rings (SSSR count). The first-order valence-electron chi connectivity index (χ1n) is 8.11. The molecule has 5 heteroatoms. The van der Waals surface area contributed by atoms with Gasteiger partial charge < -0.3 is 16.0 Å². The predicted octanol–water partition coefficient (Wildman–Crippen LogP) is 3.79. The number of carbonyl (C=O) groups excluding carboxylic acids is 2. The first kappa shape index (κ1) is 17.5. The molecule has 0 spiro atoms. The van der Waals surface area contributed by atoms with E-state index >= 15 is 0 Å². The average molecular weight is 325 g/mol. The number of aryl methyl sites for hydroxylation is 1. The lowest BCUT2D eigenvalue weighted by Gasteiger charge is -2.15. The first-order valence-corrected chi connectivity index (χ1v) is 8.11. The lowest BCUT2D eigenvalue weighted by atomic mass is 10.1. The predicted molar refractivity (Wildman–Crippen MR) is 97.1 cm³/mol. The Bertz CT molecular complexity index is 669. The van der Waals surface area contributed by atoms with Gasteiger partial charge in [0, 0.05) is 11.4 Å². The number of hydrogen-bond donors (Lipinski definition) is 3. The number of rotatable bonds is 6. The zero-order chi connectivity index (χ0) is 17.4. The van der Waals surface area contributed by atoms with Crippen molar-refractivity contribution in [2.75, 3.05) is 10.6 Å². The van der Waals surface area contributed by atoms with Crippen molar-refractivity contribution in [2.45, 2.75) is 32.7 Å². The van der Waals surface area contributed by atoms with E-state index in [1.54, 1.807) is 19.1 Å². The molecule has 0 bridgehead atoms. The van der Waals surface area contributed by atoms with Crippen molar-refractivity contribution in [2.24, 2.45) is 0 Å². The molecule has 0 aliphatic carbocycles. The van der Waals surface area contributed by atoms with Gasteiger partial charge in [-0.1, -0.05) is 43.7 Å². The minimum Gasteiger partial charge on any atom is -0.326 e. The quantitative estimate of drug-likeness (QED) is 0.756. The number of anilines is 2. The van der Waals surface area contributed by atoms with E-state index in [0.717, 1.165) is 18.5 Å². The molecule has 0 radical (unpaired) electrons. The third-order valence-electron chi connectivity index (χ3n) is 3.53. The zero-order valence-corrected chi connectivity index (χ0v) is 14.0. The van der Waals surface area contributed by atoms with Crippen LogP contribution in [0.1, 0.15) is 25.8 Å². The normalized spacial score (nSPS) is 11.4. The summed E-state index contributed by atoms with van der Waals surface area (Å²) in [5.41, 5.74) is 2.63. The highest BCUT2D eigenvalue weighted by Crippen LogP contribution is 2.11. The third-order valence-corrected chi connectivity index (χ3v) is 3.53. The van der Waals surface area contributed by atoms with Gasteiger partial charge in [0.2, 0.25) is 5.91 Å². The topological polar surface area (TPSA) is 70.2 Å². The molecule has 0 heterocycles. The molecule has 0 aliphatic rings. The maximum absolute atomic E-state index is 12.2. The lowest BCUT2D eigenvalue weighted by Crippen LogP contribution is -2.43. The van der Waals surface area contributed by atoms with Crippen LogP contribution in [-0.4, -0.2) is 18.0 Å². The van der Waals surface area contributed by atoms with Gasteiger partial charge in [-0.3, -0.25) is 4.79 Å². The van der Waals surface area contributed by atoms with Crippen molar-refractivity contribution in [3.05, 3.63) is 60.2 Å². The van der Waals surface area contributed by atoms with E-state index in [1.165, 1.54) is 5.56 Å². The van der Waals surface area contributed by atoms with Crippen molar-refractivity contribution >= 4 is 23.3 Å². The zero-order valence-electron chi connectivity index (χ0n) is 14.0. The number of nitrogens with one attached hydrogen (secondary N) is 3. The summed E-state index contributed by atoms with van der Waals surface area (Å²) in [6, 6.07) is 15.8. The molecule has 0 saturated heterocycles. The fraction of sp³-hybridized carbons (Fsp3) is 0.263. The fourth-order valence-corrected chi connectivity index (χ4v) is 2.24. The van der Waals surface area contributed by atoms with Gasteiger partial charge >= 0.3 is 6.03 Å². The van der Waals surface area contributed by atoms with E-state index in [2.05, 4.69) is 22.9 Å². The van der Waals surface area contributed by atoms with Crippen molar-refractivity contribution in [1.29, 1.82) is 0 Å². The van der Waals surface area contributed by atoms with E-state index in [0.29, 0.717) is 5.69 Å². The molecule has 2 aromatic rings. The number of para-hydroxylation sites is 1. The van der Waals surface area contributed by atoms with Gasteiger partial charge in [0.1, 0.15) is 6.04 Å². The van der Waals surface area contributed by atoms with Crippen molar-refractivity contribution < 1.29 is 9.59 Å². The highest BCUT2D eigenvalue weighted by atomic mass is 16.2. The van der Waals surface area contributed by atoms with Crippen LogP contribution in [0.15, 0.2) is 54.6 Å². The van der Waals surface area contributed by atoms with E-state index in [-0.39, 0.29) is 5.91 Å². The van der Waals surface area contributed by atoms with Gasteiger partial charge in [-0.25, -0.2) is 4.79 Å². The minimum absolute atomic E-state index is 0.263. The number of hydrogen-bond acceptors (Lipinski definition) is 2. The summed E-state index contributed by atoms with van der Waals surface area (Å²) in [6.45, 7) is 3.77. The van der Waals surface area contributed by atoms with Gasteiger partial charge in [-0.15, -0.1) is 0 Å². The highest BCUT2D eigenvalue weighted by molar-refractivity contribution is 5.98. The van der Waals surface area contributed by atoms with E-state index < -0.39 is 12.1 Å². The number of carbonyl (C=O) groups is 2. The first-order chi connectivity index (χ1) is 11.6. The Labute approximate surface area is 142 Å². The SMILES string of the molecule is CCCc1ccc(NC(=O)[C@@H](C)NC(=O)Nc2ccccc2)cc1. The summed E-state index contributed by atoms with van der Waals surface area (Å²) in [6.07, 6.45) is 2.11. The molecule has 2 aromatic carbocycles. The Morgan fingerprint density at radius 2 is 1.54 bits per heavy atom. The molecule has 0 fully saturated rings. The molecular formula is C19H23N3O2. The summed E-state index contributed by atoms with van der Waals surface area (Å²) in [5.74, 6) is -0.263. The summed E-state index contributed by atoms with van der Waals surface area (Å²) >= 11 is 0. The van der Waals surface area contributed by atoms with Crippen LogP contribution in [0.25, 0.3) is 0 Å². The largest absolute Gasteiger partial charge is 0.326 e.